The van der Waals surface area contributed by atoms with Crippen LogP contribution in [0.5, 0.6) is 0 Å². The van der Waals surface area contributed by atoms with Gasteiger partial charge >= 0.3 is 0 Å². The van der Waals surface area contributed by atoms with Gasteiger partial charge in [0.2, 0.25) is 0 Å². The Morgan fingerprint density at radius 1 is 1.22 bits per heavy atom. The van der Waals surface area contributed by atoms with Crippen molar-refractivity contribution in [2.75, 3.05) is 18.5 Å². The van der Waals surface area contributed by atoms with Gasteiger partial charge in [-0.3, -0.25) is 0 Å². The maximum Gasteiger partial charge on any atom is 0.0725 e. The number of anilines is 1. The van der Waals surface area contributed by atoms with Gasteiger partial charge in [-0.25, -0.2) is 0 Å². The lowest BCUT2D eigenvalue weighted by Crippen LogP contribution is -2.09. The third-order valence-electron chi connectivity index (χ3n) is 3.78. The molecule has 0 saturated carbocycles. The second kappa shape index (κ2) is 5.72. The van der Waals surface area contributed by atoms with E-state index in [0.29, 0.717) is 6.10 Å². The molecule has 0 radical (unpaired) electrons. The van der Waals surface area contributed by atoms with Crippen LogP contribution in [0.1, 0.15) is 36.8 Å². The summed E-state index contributed by atoms with van der Waals surface area (Å²) in [6.45, 7) is 3.53. The van der Waals surface area contributed by atoms with Gasteiger partial charge in [0.1, 0.15) is 0 Å². The summed E-state index contributed by atoms with van der Waals surface area (Å²) in [6, 6.07) is 6.54. The summed E-state index contributed by atoms with van der Waals surface area (Å²) in [5.74, 6) is 0. The molecule has 2 heterocycles. The summed E-state index contributed by atoms with van der Waals surface area (Å²) < 4.78 is 11.0. The average molecular weight is 247 g/mol. The molecule has 1 saturated heterocycles. The zero-order valence-corrected chi connectivity index (χ0v) is 10.8. The van der Waals surface area contributed by atoms with Gasteiger partial charge in [-0.2, -0.15) is 0 Å². The molecule has 18 heavy (non-hydrogen) atoms. The molecule has 2 aliphatic rings. The summed E-state index contributed by atoms with van der Waals surface area (Å²) in [7, 11) is 0. The van der Waals surface area contributed by atoms with Gasteiger partial charge in [0, 0.05) is 18.8 Å². The Morgan fingerprint density at radius 3 is 3.06 bits per heavy atom. The lowest BCUT2D eigenvalue weighted by atomic mass is 10.1. The average Bonchev–Trinajstić information content (AvgIpc) is 3.05. The lowest BCUT2D eigenvalue weighted by molar-refractivity contribution is 0.103. The van der Waals surface area contributed by atoms with Gasteiger partial charge < -0.3 is 14.8 Å². The molecule has 0 aromatic heterocycles. The van der Waals surface area contributed by atoms with E-state index >= 15 is 0 Å². The van der Waals surface area contributed by atoms with Crippen LogP contribution in [0.2, 0.25) is 0 Å². The smallest absolute Gasteiger partial charge is 0.0725 e. The normalized spacial score (nSPS) is 22.1. The Kier molecular flexibility index (Phi) is 3.81. The van der Waals surface area contributed by atoms with Crippen molar-refractivity contribution >= 4 is 5.69 Å². The Morgan fingerprint density at radius 2 is 2.17 bits per heavy atom. The second-order valence-electron chi connectivity index (χ2n) is 5.18. The van der Waals surface area contributed by atoms with E-state index in [2.05, 4.69) is 23.5 Å². The van der Waals surface area contributed by atoms with Gasteiger partial charge in [0.15, 0.2) is 0 Å². The Bertz CT molecular complexity index is 399. The number of rotatable bonds is 5. The quantitative estimate of drug-likeness (QED) is 0.811. The molecule has 2 aliphatic heterocycles. The van der Waals surface area contributed by atoms with Crippen LogP contribution in [-0.4, -0.2) is 19.3 Å². The first kappa shape index (κ1) is 12.0. The largest absolute Gasteiger partial charge is 0.385 e. The zero-order chi connectivity index (χ0) is 12.2. The molecule has 1 N–H and O–H groups in total. The topological polar surface area (TPSA) is 30.5 Å². The van der Waals surface area contributed by atoms with E-state index in [9.17, 15) is 0 Å². The number of hydrogen-bond acceptors (Lipinski definition) is 3. The zero-order valence-electron chi connectivity index (χ0n) is 10.8. The first-order valence-electron chi connectivity index (χ1n) is 6.97. The number of benzene rings is 1. The number of fused-ring (bicyclic) bond motifs is 1. The van der Waals surface area contributed by atoms with E-state index in [-0.39, 0.29) is 0 Å². The minimum Gasteiger partial charge on any atom is -0.385 e. The summed E-state index contributed by atoms with van der Waals surface area (Å²) in [5, 5.41) is 3.49. The first-order chi connectivity index (χ1) is 8.92. The number of nitrogens with one attached hydrogen (secondary N) is 1. The minimum absolute atomic E-state index is 0.514. The van der Waals surface area contributed by atoms with Crippen molar-refractivity contribution in [3.05, 3.63) is 29.3 Å². The molecule has 1 aromatic rings. The molecule has 1 aromatic carbocycles. The predicted molar refractivity (Wildman–Crippen MR) is 71.6 cm³/mol. The minimum atomic E-state index is 0.514. The maximum absolute atomic E-state index is 5.62. The lowest BCUT2D eigenvalue weighted by Gasteiger charge is -2.11. The molecule has 98 valence electrons. The molecule has 0 aliphatic carbocycles. The molecule has 0 spiro atoms. The van der Waals surface area contributed by atoms with Crippen LogP contribution in [-0.2, 0) is 22.7 Å². The van der Waals surface area contributed by atoms with Crippen molar-refractivity contribution in [2.24, 2.45) is 0 Å². The Labute approximate surface area is 108 Å². The van der Waals surface area contributed by atoms with Crippen LogP contribution < -0.4 is 5.32 Å². The highest BCUT2D eigenvalue weighted by atomic mass is 16.5. The third-order valence-corrected chi connectivity index (χ3v) is 3.78. The van der Waals surface area contributed by atoms with Crippen molar-refractivity contribution in [3.63, 3.8) is 0 Å². The third kappa shape index (κ3) is 2.85. The monoisotopic (exact) mass is 247 g/mol. The van der Waals surface area contributed by atoms with Crippen molar-refractivity contribution in [1.82, 2.24) is 0 Å². The molecule has 1 unspecified atom stereocenters. The molecule has 0 bridgehead atoms. The van der Waals surface area contributed by atoms with Gasteiger partial charge in [0.05, 0.1) is 19.3 Å². The standard InChI is InChI=1S/C15H21NO2/c1(3-15-4-2-8-18-15)7-16-14-6-5-12-10-17-11-13(12)9-14/h5-6,9,15-16H,1-4,7-8,10-11H2. The van der Waals surface area contributed by atoms with Crippen molar-refractivity contribution in [3.8, 4) is 0 Å². The fourth-order valence-electron chi connectivity index (χ4n) is 2.72. The van der Waals surface area contributed by atoms with Crippen LogP contribution in [0.3, 0.4) is 0 Å². The SMILES string of the molecule is c1cc2c(cc1NCCCC1CCCO1)COC2. The molecule has 3 heteroatoms. The fourth-order valence-corrected chi connectivity index (χ4v) is 2.72. The summed E-state index contributed by atoms with van der Waals surface area (Å²) >= 11 is 0. The van der Waals surface area contributed by atoms with Gasteiger partial charge in [-0.15, -0.1) is 0 Å². The van der Waals surface area contributed by atoms with E-state index in [1.54, 1.807) is 0 Å². The van der Waals surface area contributed by atoms with Gasteiger partial charge in [0.25, 0.3) is 0 Å². The van der Waals surface area contributed by atoms with E-state index < -0.39 is 0 Å². The van der Waals surface area contributed by atoms with Crippen LogP contribution in [0.15, 0.2) is 18.2 Å². The van der Waals surface area contributed by atoms with Crippen LogP contribution in [0.4, 0.5) is 5.69 Å². The molecular weight excluding hydrogens is 226 g/mol. The molecule has 1 atom stereocenters. The molecule has 3 nitrogen and oxygen atoms in total. The van der Waals surface area contributed by atoms with E-state index in [1.165, 1.54) is 42.5 Å². The van der Waals surface area contributed by atoms with E-state index in [4.69, 9.17) is 9.47 Å². The van der Waals surface area contributed by atoms with Crippen molar-refractivity contribution in [2.45, 2.75) is 45.0 Å². The van der Waals surface area contributed by atoms with E-state index in [0.717, 1.165) is 26.4 Å². The van der Waals surface area contributed by atoms with Gasteiger partial charge in [-0.05, 0) is 48.9 Å². The fraction of sp³-hybridized carbons (Fsp3) is 0.600. The summed E-state index contributed by atoms with van der Waals surface area (Å²) in [6.07, 6.45) is 5.36. The first-order valence-corrected chi connectivity index (χ1v) is 6.97. The van der Waals surface area contributed by atoms with Crippen LogP contribution in [0.25, 0.3) is 0 Å². The highest BCUT2D eigenvalue weighted by molar-refractivity contribution is 5.49. The number of hydrogen-bond donors (Lipinski definition) is 1. The molecule has 3 rings (SSSR count). The number of ether oxygens (including phenoxy) is 2. The second-order valence-corrected chi connectivity index (χ2v) is 5.18. The van der Waals surface area contributed by atoms with E-state index in [1.807, 2.05) is 0 Å². The maximum atomic E-state index is 5.62. The Hall–Kier alpha value is -1.06. The molecule has 0 amide bonds. The summed E-state index contributed by atoms with van der Waals surface area (Å²) in [4.78, 5) is 0. The van der Waals surface area contributed by atoms with Gasteiger partial charge in [-0.1, -0.05) is 6.07 Å². The highest BCUT2D eigenvalue weighted by Gasteiger charge is 2.14. The Balaban J connectivity index is 1.42. The van der Waals surface area contributed by atoms with Crippen LogP contribution >= 0.6 is 0 Å². The molecular formula is C15H21NO2. The highest BCUT2D eigenvalue weighted by Crippen LogP contribution is 2.23. The predicted octanol–water partition coefficient (Wildman–Crippen LogP) is 3.09. The van der Waals surface area contributed by atoms with Crippen molar-refractivity contribution in [1.29, 1.82) is 0 Å². The summed E-state index contributed by atoms with van der Waals surface area (Å²) in [5.41, 5.74) is 3.88. The van der Waals surface area contributed by atoms with Crippen LogP contribution in [0, 0.1) is 0 Å². The van der Waals surface area contributed by atoms with Crippen molar-refractivity contribution < 1.29 is 9.47 Å². The molecule has 1 fully saturated rings.